The Bertz CT molecular complexity index is 377. The molecule has 1 unspecified atom stereocenters. The summed E-state index contributed by atoms with van der Waals surface area (Å²) in [7, 11) is 0. The summed E-state index contributed by atoms with van der Waals surface area (Å²) >= 11 is 0. The lowest BCUT2D eigenvalue weighted by Gasteiger charge is -2.26. The fraction of sp³-hybridized carbons (Fsp3) is 0.706. The smallest absolute Gasteiger partial charge is 0.246 e. The number of amides is 1. The van der Waals surface area contributed by atoms with Gasteiger partial charge < -0.3 is 5.32 Å². The first-order valence-corrected chi connectivity index (χ1v) is 7.63. The maximum Gasteiger partial charge on any atom is 0.246 e. The van der Waals surface area contributed by atoms with Gasteiger partial charge in [-0.2, -0.15) is 0 Å². The molecule has 108 valence electrons. The van der Waals surface area contributed by atoms with E-state index >= 15 is 0 Å². The van der Waals surface area contributed by atoms with E-state index < -0.39 is 0 Å². The Morgan fingerprint density at radius 3 is 2.63 bits per heavy atom. The highest BCUT2D eigenvalue weighted by Gasteiger charge is 2.19. The third-order valence-corrected chi connectivity index (χ3v) is 3.97. The van der Waals surface area contributed by atoms with Gasteiger partial charge in [0.2, 0.25) is 5.91 Å². The van der Waals surface area contributed by atoms with Crippen LogP contribution in [-0.2, 0) is 4.79 Å². The van der Waals surface area contributed by atoms with Crippen LogP contribution in [0.4, 0.5) is 0 Å². The molecule has 1 fully saturated rings. The predicted octanol–water partition coefficient (Wildman–Crippen LogP) is 4.37. The molecule has 1 atom stereocenters. The topological polar surface area (TPSA) is 29.1 Å². The second-order valence-electron chi connectivity index (χ2n) is 5.99. The number of rotatable bonds is 4. The average molecular weight is 263 g/mol. The Hall–Kier alpha value is -1.05. The van der Waals surface area contributed by atoms with Gasteiger partial charge >= 0.3 is 0 Å². The summed E-state index contributed by atoms with van der Waals surface area (Å²) in [4.78, 5) is 12.0. The van der Waals surface area contributed by atoms with E-state index in [9.17, 15) is 4.79 Å². The second kappa shape index (κ2) is 7.52. The summed E-state index contributed by atoms with van der Waals surface area (Å²) in [6, 6.07) is 0.203. The molecule has 0 bridgehead atoms. The maximum absolute atomic E-state index is 12.0. The van der Waals surface area contributed by atoms with Crippen LogP contribution in [0.5, 0.6) is 0 Å². The fourth-order valence-corrected chi connectivity index (χ4v) is 2.73. The molecule has 0 saturated heterocycles. The molecule has 0 aliphatic heterocycles. The van der Waals surface area contributed by atoms with Crippen LogP contribution in [0, 0.1) is 5.92 Å². The molecule has 0 aromatic heterocycles. The third kappa shape index (κ3) is 4.85. The van der Waals surface area contributed by atoms with Crippen molar-refractivity contribution in [2.24, 2.45) is 5.92 Å². The van der Waals surface area contributed by atoms with Gasteiger partial charge in [0.05, 0.1) is 0 Å². The van der Waals surface area contributed by atoms with E-state index in [2.05, 4.69) is 25.2 Å². The lowest BCUT2D eigenvalue weighted by molar-refractivity contribution is -0.117. The summed E-state index contributed by atoms with van der Waals surface area (Å²) in [5, 5.41) is 2.97. The van der Waals surface area contributed by atoms with Gasteiger partial charge in [0.15, 0.2) is 0 Å². The van der Waals surface area contributed by atoms with Gasteiger partial charge in [0.1, 0.15) is 0 Å². The van der Waals surface area contributed by atoms with Crippen LogP contribution >= 0.6 is 0 Å². The predicted molar refractivity (Wildman–Crippen MR) is 82.0 cm³/mol. The van der Waals surface area contributed by atoms with Crippen molar-refractivity contribution < 1.29 is 4.79 Å². The van der Waals surface area contributed by atoms with Crippen molar-refractivity contribution >= 4 is 5.91 Å². The second-order valence-corrected chi connectivity index (χ2v) is 5.99. The number of carbonyl (C=O) groups excluding carboxylic acids is 1. The van der Waals surface area contributed by atoms with Crippen LogP contribution < -0.4 is 5.32 Å². The van der Waals surface area contributed by atoms with Crippen LogP contribution in [0.25, 0.3) is 0 Å². The Morgan fingerprint density at radius 2 is 2.05 bits per heavy atom. The largest absolute Gasteiger partial charge is 0.350 e. The average Bonchev–Trinajstić information content (AvgIpc) is 2.37. The van der Waals surface area contributed by atoms with Crippen molar-refractivity contribution in [3.63, 3.8) is 0 Å². The van der Waals surface area contributed by atoms with E-state index in [-0.39, 0.29) is 11.9 Å². The monoisotopic (exact) mass is 263 g/mol. The SMILES string of the molecule is CC/C(C)=C1\CCCCC1/C=C(\C)C(=O)NC(C)C. The molecular weight excluding hydrogens is 234 g/mol. The highest BCUT2D eigenvalue weighted by atomic mass is 16.1. The summed E-state index contributed by atoms with van der Waals surface area (Å²) in [5.74, 6) is 0.556. The molecule has 1 N–H and O–H groups in total. The van der Waals surface area contributed by atoms with Crippen molar-refractivity contribution in [1.82, 2.24) is 5.32 Å². The van der Waals surface area contributed by atoms with E-state index in [4.69, 9.17) is 0 Å². The third-order valence-electron chi connectivity index (χ3n) is 3.97. The van der Waals surface area contributed by atoms with Crippen molar-refractivity contribution in [1.29, 1.82) is 0 Å². The minimum Gasteiger partial charge on any atom is -0.350 e. The molecule has 1 aliphatic rings. The zero-order valence-corrected chi connectivity index (χ0v) is 13.2. The number of hydrogen-bond donors (Lipinski definition) is 1. The lowest BCUT2D eigenvalue weighted by Crippen LogP contribution is -2.31. The van der Waals surface area contributed by atoms with E-state index in [1.165, 1.54) is 31.3 Å². The fourth-order valence-electron chi connectivity index (χ4n) is 2.73. The van der Waals surface area contributed by atoms with Crippen molar-refractivity contribution in [3.8, 4) is 0 Å². The number of carbonyl (C=O) groups is 1. The van der Waals surface area contributed by atoms with E-state index in [0.29, 0.717) is 5.92 Å². The maximum atomic E-state index is 12.0. The Morgan fingerprint density at radius 1 is 1.37 bits per heavy atom. The zero-order chi connectivity index (χ0) is 14.4. The first-order valence-electron chi connectivity index (χ1n) is 7.63. The molecule has 2 heteroatoms. The summed E-state index contributed by atoms with van der Waals surface area (Å²) < 4.78 is 0. The standard InChI is InChI=1S/C17H29NO/c1-6-13(4)16-10-8-7-9-15(16)11-14(5)17(19)18-12(2)3/h11-12,15H,6-10H2,1-5H3,(H,18,19)/b14-11+,16-13+. The van der Waals surface area contributed by atoms with Gasteiger partial charge in [-0.3, -0.25) is 4.79 Å². The van der Waals surface area contributed by atoms with Crippen LogP contribution in [0.2, 0.25) is 0 Å². The van der Waals surface area contributed by atoms with Crippen LogP contribution in [-0.4, -0.2) is 11.9 Å². The molecule has 1 saturated carbocycles. The summed E-state index contributed by atoms with van der Waals surface area (Å²) in [5.41, 5.74) is 3.95. The van der Waals surface area contributed by atoms with E-state index in [1.54, 1.807) is 5.57 Å². The molecule has 0 radical (unpaired) electrons. The van der Waals surface area contributed by atoms with Gasteiger partial charge in [0.25, 0.3) is 0 Å². The minimum atomic E-state index is 0.0778. The van der Waals surface area contributed by atoms with Gasteiger partial charge in [-0.15, -0.1) is 0 Å². The van der Waals surface area contributed by atoms with Crippen molar-refractivity contribution in [3.05, 3.63) is 22.8 Å². The van der Waals surface area contributed by atoms with Crippen molar-refractivity contribution in [2.45, 2.75) is 72.8 Å². The number of nitrogens with one attached hydrogen (secondary N) is 1. The van der Waals surface area contributed by atoms with Gasteiger partial charge in [-0.1, -0.05) is 30.6 Å². The van der Waals surface area contributed by atoms with E-state index in [0.717, 1.165) is 12.0 Å². The zero-order valence-electron chi connectivity index (χ0n) is 13.2. The first-order chi connectivity index (χ1) is 8.95. The molecule has 1 amide bonds. The normalized spacial score (nSPS) is 23.5. The first kappa shape index (κ1) is 16.0. The highest BCUT2D eigenvalue weighted by Crippen LogP contribution is 2.34. The van der Waals surface area contributed by atoms with Gasteiger partial charge in [0, 0.05) is 11.6 Å². The number of allylic oxidation sites excluding steroid dienone is 3. The van der Waals surface area contributed by atoms with Gasteiger partial charge in [-0.05, 0) is 59.3 Å². The number of hydrogen-bond acceptors (Lipinski definition) is 1. The van der Waals surface area contributed by atoms with Crippen LogP contribution in [0.1, 0.15) is 66.7 Å². The van der Waals surface area contributed by atoms with Crippen LogP contribution in [0.15, 0.2) is 22.8 Å². The van der Waals surface area contributed by atoms with Gasteiger partial charge in [-0.25, -0.2) is 0 Å². The molecule has 0 aromatic rings. The highest BCUT2D eigenvalue weighted by molar-refractivity contribution is 5.93. The molecule has 0 heterocycles. The molecule has 19 heavy (non-hydrogen) atoms. The molecule has 1 rings (SSSR count). The Balaban J connectivity index is 2.84. The molecule has 1 aliphatic carbocycles. The minimum absolute atomic E-state index is 0.0778. The molecular formula is C17H29NO. The summed E-state index contributed by atoms with van der Waals surface area (Å²) in [6.45, 7) is 10.4. The van der Waals surface area contributed by atoms with E-state index in [1.807, 2.05) is 20.8 Å². The Labute approximate surface area is 118 Å². The molecule has 0 spiro atoms. The lowest BCUT2D eigenvalue weighted by atomic mass is 9.80. The van der Waals surface area contributed by atoms with Crippen LogP contribution in [0.3, 0.4) is 0 Å². The molecule has 2 nitrogen and oxygen atoms in total. The quantitative estimate of drug-likeness (QED) is 0.592. The Kier molecular flexibility index (Phi) is 6.33. The summed E-state index contributed by atoms with van der Waals surface area (Å²) in [6.07, 6.45) is 8.29. The molecule has 0 aromatic carbocycles. The van der Waals surface area contributed by atoms with Crippen molar-refractivity contribution in [2.75, 3.05) is 0 Å².